The monoisotopic (exact) mass is 466 g/mol. The molecule has 1 amide bonds. The summed E-state index contributed by atoms with van der Waals surface area (Å²) in [7, 11) is 0. The zero-order valence-corrected chi connectivity index (χ0v) is 19.7. The molecule has 182 valence electrons. The van der Waals surface area contributed by atoms with Crippen LogP contribution in [0.4, 0.5) is 5.82 Å². The van der Waals surface area contributed by atoms with Crippen LogP contribution in [0.3, 0.4) is 0 Å². The standard InChI is InChI=1S/C26H34N4O4/c31-23(7-6-21-4-2-1-3-5-21)28-13-9-26(33,10-14-28)18-30-20-27-22(16-24(30)32)29-12-8-25(17-29)11-15-34-19-25/h1-5,16,20,33H,6-15,17-19H2. The highest BCUT2D eigenvalue weighted by Gasteiger charge is 2.42. The number of aromatic nitrogens is 2. The molecule has 3 aliphatic rings. The second-order valence-electron chi connectivity index (χ2n) is 10.3. The van der Waals surface area contributed by atoms with E-state index >= 15 is 0 Å². The van der Waals surface area contributed by atoms with Gasteiger partial charge in [-0.2, -0.15) is 0 Å². The van der Waals surface area contributed by atoms with E-state index in [-0.39, 0.29) is 23.4 Å². The number of ether oxygens (including phenoxy) is 1. The molecule has 8 heteroatoms. The van der Waals surface area contributed by atoms with Gasteiger partial charge >= 0.3 is 0 Å². The highest BCUT2D eigenvalue weighted by atomic mass is 16.5. The quantitative estimate of drug-likeness (QED) is 0.699. The third-order valence-electron chi connectivity index (χ3n) is 7.79. The molecular weight excluding hydrogens is 432 g/mol. The Morgan fingerprint density at radius 3 is 2.59 bits per heavy atom. The predicted molar refractivity (Wildman–Crippen MR) is 129 cm³/mol. The molecule has 1 aromatic heterocycles. The number of hydrogen-bond acceptors (Lipinski definition) is 6. The van der Waals surface area contributed by atoms with Gasteiger partial charge in [-0.1, -0.05) is 30.3 Å². The average molecular weight is 467 g/mol. The minimum absolute atomic E-state index is 0.116. The minimum atomic E-state index is -1.01. The minimum Gasteiger partial charge on any atom is -0.388 e. The van der Waals surface area contributed by atoms with Crippen LogP contribution in [0.2, 0.25) is 0 Å². The Hall–Kier alpha value is -2.71. The summed E-state index contributed by atoms with van der Waals surface area (Å²) >= 11 is 0. The summed E-state index contributed by atoms with van der Waals surface area (Å²) < 4.78 is 7.10. The number of nitrogens with zero attached hydrogens (tertiary/aromatic N) is 4. The molecule has 4 heterocycles. The fourth-order valence-electron chi connectivity index (χ4n) is 5.51. The van der Waals surface area contributed by atoms with Crippen molar-refractivity contribution < 1.29 is 14.6 Å². The highest BCUT2D eigenvalue weighted by molar-refractivity contribution is 5.76. The number of hydrogen-bond donors (Lipinski definition) is 1. The second kappa shape index (κ2) is 9.50. The number of amides is 1. The first kappa shape index (κ1) is 23.1. The van der Waals surface area contributed by atoms with Gasteiger partial charge in [0, 0.05) is 50.7 Å². The van der Waals surface area contributed by atoms with E-state index in [0.717, 1.165) is 51.1 Å². The number of aliphatic hydroxyl groups is 1. The largest absolute Gasteiger partial charge is 0.388 e. The highest BCUT2D eigenvalue weighted by Crippen LogP contribution is 2.39. The third-order valence-corrected chi connectivity index (χ3v) is 7.79. The van der Waals surface area contributed by atoms with Gasteiger partial charge in [0.15, 0.2) is 0 Å². The van der Waals surface area contributed by atoms with Crippen molar-refractivity contribution in [2.45, 2.75) is 50.7 Å². The Morgan fingerprint density at radius 2 is 1.88 bits per heavy atom. The topological polar surface area (TPSA) is 87.9 Å². The number of rotatable bonds is 6. The van der Waals surface area contributed by atoms with Gasteiger partial charge in [-0.05, 0) is 37.7 Å². The van der Waals surface area contributed by atoms with E-state index in [1.54, 1.807) is 12.4 Å². The van der Waals surface area contributed by atoms with Crippen molar-refractivity contribution in [1.29, 1.82) is 0 Å². The number of piperidine rings is 1. The summed E-state index contributed by atoms with van der Waals surface area (Å²) in [5, 5.41) is 11.1. The molecule has 1 atom stereocenters. The molecule has 3 fully saturated rings. The third kappa shape index (κ3) is 5.03. The molecule has 1 N–H and O–H groups in total. The Balaban J connectivity index is 1.14. The van der Waals surface area contributed by atoms with E-state index in [1.807, 2.05) is 35.2 Å². The molecule has 0 aliphatic carbocycles. The van der Waals surface area contributed by atoms with Crippen LogP contribution in [0, 0.1) is 5.41 Å². The number of benzene rings is 1. The Bertz CT molecular complexity index is 1060. The lowest BCUT2D eigenvalue weighted by molar-refractivity contribution is -0.135. The van der Waals surface area contributed by atoms with Crippen molar-refractivity contribution in [3.8, 4) is 0 Å². The van der Waals surface area contributed by atoms with Crippen molar-refractivity contribution in [2.75, 3.05) is 44.3 Å². The van der Waals surface area contributed by atoms with E-state index in [1.165, 1.54) is 4.57 Å². The SMILES string of the molecule is O=C(CCc1ccccc1)N1CCC(O)(Cn2cnc(N3CCC4(CCOC4)C3)cc2=O)CC1. The molecule has 34 heavy (non-hydrogen) atoms. The van der Waals surface area contributed by atoms with Gasteiger partial charge in [0.2, 0.25) is 5.91 Å². The zero-order chi connectivity index (χ0) is 23.6. The number of anilines is 1. The number of aryl methyl sites for hydroxylation is 1. The Morgan fingerprint density at radius 1 is 1.09 bits per heavy atom. The number of likely N-dealkylation sites (tertiary alicyclic amines) is 1. The van der Waals surface area contributed by atoms with E-state index in [2.05, 4.69) is 9.88 Å². The van der Waals surface area contributed by atoms with E-state index < -0.39 is 5.60 Å². The fourth-order valence-corrected chi connectivity index (χ4v) is 5.51. The van der Waals surface area contributed by atoms with Crippen LogP contribution in [0.25, 0.3) is 0 Å². The molecule has 0 saturated carbocycles. The molecule has 3 saturated heterocycles. The Labute approximate surface area is 200 Å². The number of carbonyl (C=O) groups is 1. The van der Waals surface area contributed by atoms with E-state index in [4.69, 9.17) is 4.74 Å². The van der Waals surface area contributed by atoms with Crippen molar-refractivity contribution in [3.63, 3.8) is 0 Å². The van der Waals surface area contributed by atoms with Gasteiger partial charge in [-0.3, -0.25) is 14.2 Å². The van der Waals surface area contributed by atoms with Crippen LogP contribution in [-0.4, -0.2) is 70.5 Å². The maximum Gasteiger partial charge on any atom is 0.255 e. The lowest BCUT2D eigenvalue weighted by Gasteiger charge is -2.38. The summed E-state index contributed by atoms with van der Waals surface area (Å²) in [5.41, 5.74) is 0.198. The Kier molecular flexibility index (Phi) is 6.44. The smallest absolute Gasteiger partial charge is 0.255 e. The van der Waals surface area contributed by atoms with Crippen LogP contribution in [0.1, 0.15) is 37.7 Å². The summed E-state index contributed by atoms with van der Waals surface area (Å²) in [4.78, 5) is 34.0. The molecule has 1 aromatic carbocycles. The van der Waals surface area contributed by atoms with Crippen molar-refractivity contribution in [1.82, 2.24) is 14.5 Å². The first-order valence-electron chi connectivity index (χ1n) is 12.4. The van der Waals surface area contributed by atoms with E-state index in [0.29, 0.717) is 38.2 Å². The van der Waals surface area contributed by atoms with Gasteiger partial charge < -0.3 is 19.6 Å². The lowest BCUT2D eigenvalue weighted by atomic mass is 9.87. The molecular formula is C26H34N4O4. The molecule has 8 nitrogen and oxygen atoms in total. The predicted octanol–water partition coefficient (Wildman–Crippen LogP) is 1.85. The summed E-state index contributed by atoms with van der Waals surface area (Å²) in [6.07, 6.45) is 5.79. The van der Waals surface area contributed by atoms with Crippen molar-refractivity contribution in [3.05, 3.63) is 58.6 Å². The maximum absolute atomic E-state index is 12.8. The second-order valence-corrected chi connectivity index (χ2v) is 10.3. The average Bonchev–Trinajstić information content (AvgIpc) is 3.49. The summed E-state index contributed by atoms with van der Waals surface area (Å²) in [6, 6.07) is 11.6. The molecule has 0 bridgehead atoms. The first-order chi connectivity index (χ1) is 16.4. The van der Waals surface area contributed by atoms with Crippen LogP contribution in [0.15, 0.2) is 47.5 Å². The molecule has 2 aromatic rings. The molecule has 1 unspecified atom stereocenters. The zero-order valence-electron chi connectivity index (χ0n) is 19.7. The molecule has 5 rings (SSSR count). The van der Waals surface area contributed by atoms with Gasteiger partial charge in [0.05, 0.1) is 25.1 Å². The van der Waals surface area contributed by atoms with Crippen LogP contribution < -0.4 is 10.5 Å². The molecule has 1 spiro atoms. The summed E-state index contributed by atoms with van der Waals surface area (Å²) in [6.45, 7) is 4.57. The van der Waals surface area contributed by atoms with Crippen LogP contribution >= 0.6 is 0 Å². The molecule has 0 radical (unpaired) electrons. The van der Waals surface area contributed by atoms with Gasteiger partial charge in [0.1, 0.15) is 5.82 Å². The van der Waals surface area contributed by atoms with Crippen molar-refractivity contribution >= 4 is 11.7 Å². The van der Waals surface area contributed by atoms with Gasteiger partial charge in [-0.15, -0.1) is 0 Å². The molecule has 3 aliphatic heterocycles. The lowest BCUT2D eigenvalue weighted by Crippen LogP contribution is -2.49. The van der Waals surface area contributed by atoms with Crippen LogP contribution in [-0.2, 0) is 22.5 Å². The maximum atomic E-state index is 12.8. The van der Waals surface area contributed by atoms with Gasteiger partial charge in [0.25, 0.3) is 5.56 Å². The van der Waals surface area contributed by atoms with Crippen LogP contribution in [0.5, 0.6) is 0 Å². The summed E-state index contributed by atoms with van der Waals surface area (Å²) in [5.74, 6) is 0.820. The fraction of sp³-hybridized carbons (Fsp3) is 0.577. The van der Waals surface area contributed by atoms with Crippen molar-refractivity contribution in [2.24, 2.45) is 5.41 Å². The van der Waals surface area contributed by atoms with Gasteiger partial charge in [-0.25, -0.2) is 4.98 Å². The number of carbonyl (C=O) groups excluding carboxylic acids is 1. The van der Waals surface area contributed by atoms with E-state index in [9.17, 15) is 14.7 Å². The normalized spacial score (nSPS) is 24.1. The first-order valence-corrected chi connectivity index (χ1v) is 12.4.